The Kier molecular flexibility index (Phi) is 8.30. The minimum atomic E-state index is 0. The number of hydrogen-bond acceptors (Lipinski definition) is 4. The van der Waals surface area contributed by atoms with Gasteiger partial charge in [0.1, 0.15) is 0 Å². The van der Waals surface area contributed by atoms with Gasteiger partial charge in [0.15, 0.2) is 5.15 Å². The van der Waals surface area contributed by atoms with E-state index in [1.54, 1.807) is 6.07 Å². The SMILES string of the molecule is Cl.Clc1ccc(COCCCC2CCNCC2)nn1. The number of rotatable bonds is 6. The van der Waals surface area contributed by atoms with Gasteiger partial charge in [0.2, 0.25) is 0 Å². The predicted octanol–water partition coefficient (Wildman–Crippen LogP) is 2.85. The molecule has 1 aliphatic heterocycles. The zero-order chi connectivity index (χ0) is 12.6. The average Bonchev–Trinajstić information content (AvgIpc) is 2.42. The van der Waals surface area contributed by atoms with E-state index in [2.05, 4.69) is 15.5 Å². The van der Waals surface area contributed by atoms with Crippen molar-refractivity contribution in [2.75, 3.05) is 19.7 Å². The van der Waals surface area contributed by atoms with Gasteiger partial charge in [-0.1, -0.05) is 11.6 Å². The van der Waals surface area contributed by atoms with E-state index < -0.39 is 0 Å². The van der Waals surface area contributed by atoms with E-state index in [1.165, 1.54) is 32.4 Å². The first-order valence-corrected chi connectivity index (χ1v) is 6.99. The Labute approximate surface area is 125 Å². The second-order valence-electron chi connectivity index (χ2n) is 4.74. The summed E-state index contributed by atoms with van der Waals surface area (Å²) < 4.78 is 5.59. The van der Waals surface area contributed by atoms with Crippen LogP contribution in [0, 0.1) is 5.92 Å². The molecule has 19 heavy (non-hydrogen) atoms. The Hall–Kier alpha value is -0.420. The van der Waals surface area contributed by atoms with Crippen LogP contribution in [-0.4, -0.2) is 29.9 Å². The topological polar surface area (TPSA) is 47.0 Å². The summed E-state index contributed by atoms with van der Waals surface area (Å²) in [5.41, 5.74) is 0.835. The number of halogens is 2. The lowest BCUT2D eigenvalue weighted by molar-refractivity contribution is 0.109. The molecule has 1 aliphatic rings. The molecule has 1 N–H and O–H groups in total. The summed E-state index contributed by atoms with van der Waals surface area (Å²) in [5, 5.41) is 11.5. The fraction of sp³-hybridized carbons (Fsp3) is 0.692. The van der Waals surface area contributed by atoms with Crippen molar-refractivity contribution in [3.05, 3.63) is 23.0 Å². The van der Waals surface area contributed by atoms with Crippen LogP contribution >= 0.6 is 24.0 Å². The standard InChI is InChI=1S/C13H20ClN3O.ClH/c14-13-4-3-12(16-17-13)10-18-9-1-2-11-5-7-15-8-6-11;/h3-4,11,15H,1-2,5-10H2;1H. The number of aromatic nitrogens is 2. The van der Waals surface area contributed by atoms with Crippen molar-refractivity contribution in [3.63, 3.8) is 0 Å². The van der Waals surface area contributed by atoms with Crippen LogP contribution < -0.4 is 5.32 Å². The van der Waals surface area contributed by atoms with Crippen LogP contribution in [0.5, 0.6) is 0 Å². The highest BCUT2D eigenvalue weighted by Crippen LogP contribution is 2.17. The fourth-order valence-electron chi connectivity index (χ4n) is 2.24. The van der Waals surface area contributed by atoms with Gasteiger partial charge < -0.3 is 10.1 Å². The predicted molar refractivity (Wildman–Crippen MR) is 78.8 cm³/mol. The summed E-state index contributed by atoms with van der Waals surface area (Å²) >= 11 is 5.66. The fourth-order valence-corrected chi connectivity index (χ4v) is 2.34. The molecule has 2 rings (SSSR count). The van der Waals surface area contributed by atoms with Gasteiger partial charge in [-0.15, -0.1) is 17.5 Å². The van der Waals surface area contributed by atoms with E-state index in [4.69, 9.17) is 16.3 Å². The van der Waals surface area contributed by atoms with Gasteiger partial charge in [0, 0.05) is 6.61 Å². The number of nitrogens with zero attached hydrogens (tertiary/aromatic N) is 2. The Balaban J connectivity index is 0.00000180. The number of piperidine rings is 1. The van der Waals surface area contributed by atoms with Crippen LogP contribution in [0.1, 0.15) is 31.4 Å². The molecule has 1 aromatic rings. The van der Waals surface area contributed by atoms with Crippen molar-refractivity contribution in [3.8, 4) is 0 Å². The molecule has 0 radical (unpaired) electrons. The smallest absolute Gasteiger partial charge is 0.151 e. The summed E-state index contributed by atoms with van der Waals surface area (Å²) in [6.45, 7) is 3.67. The molecule has 2 heterocycles. The molecule has 0 unspecified atom stereocenters. The molecule has 6 heteroatoms. The minimum Gasteiger partial charge on any atom is -0.375 e. The van der Waals surface area contributed by atoms with Crippen LogP contribution in [0.3, 0.4) is 0 Å². The molecule has 1 aromatic heterocycles. The van der Waals surface area contributed by atoms with Crippen LogP contribution in [0.15, 0.2) is 12.1 Å². The molecule has 1 fully saturated rings. The molecule has 0 atom stereocenters. The van der Waals surface area contributed by atoms with Crippen molar-refractivity contribution < 1.29 is 4.74 Å². The maximum absolute atomic E-state index is 5.66. The lowest BCUT2D eigenvalue weighted by Crippen LogP contribution is -2.27. The second-order valence-corrected chi connectivity index (χ2v) is 5.12. The Morgan fingerprint density at radius 1 is 1.26 bits per heavy atom. The quantitative estimate of drug-likeness (QED) is 0.821. The molecular formula is C13H21Cl2N3O. The van der Waals surface area contributed by atoms with E-state index in [0.29, 0.717) is 11.8 Å². The van der Waals surface area contributed by atoms with E-state index in [0.717, 1.165) is 24.6 Å². The maximum Gasteiger partial charge on any atom is 0.151 e. The first-order chi connectivity index (χ1) is 8.84. The molecule has 4 nitrogen and oxygen atoms in total. The van der Waals surface area contributed by atoms with E-state index in [9.17, 15) is 0 Å². The van der Waals surface area contributed by atoms with Crippen molar-refractivity contribution in [2.24, 2.45) is 5.92 Å². The molecule has 108 valence electrons. The van der Waals surface area contributed by atoms with E-state index in [-0.39, 0.29) is 12.4 Å². The normalized spacial score (nSPS) is 16.1. The first-order valence-electron chi connectivity index (χ1n) is 6.61. The molecule has 0 amide bonds. The number of ether oxygens (including phenoxy) is 1. The van der Waals surface area contributed by atoms with Crippen molar-refractivity contribution in [2.45, 2.75) is 32.3 Å². The Morgan fingerprint density at radius 3 is 2.74 bits per heavy atom. The van der Waals surface area contributed by atoms with Crippen LogP contribution in [0.25, 0.3) is 0 Å². The summed E-state index contributed by atoms with van der Waals surface area (Å²) in [6, 6.07) is 3.59. The van der Waals surface area contributed by atoms with Gasteiger partial charge in [0.25, 0.3) is 0 Å². The Bertz CT molecular complexity index is 342. The summed E-state index contributed by atoms with van der Waals surface area (Å²) in [5.74, 6) is 0.880. The Morgan fingerprint density at radius 2 is 2.05 bits per heavy atom. The first kappa shape index (κ1) is 16.6. The lowest BCUT2D eigenvalue weighted by Gasteiger charge is -2.22. The molecule has 0 bridgehead atoms. The molecule has 0 aliphatic carbocycles. The third-order valence-corrected chi connectivity index (χ3v) is 3.50. The van der Waals surface area contributed by atoms with Crippen molar-refractivity contribution in [1.82, 2.24) is 15.5 Å². The third kappa shape index (κ3) is 6.52. The van der Waals surface area contributed by atoms with Crippen LogP contribution in [0.2, 0.25) is 5.15 Å². The molecule has 1 saturated heterocycles. The third-order valence-electron chi connectivity index (χ3n) is 3.30. The summed E-state index contributed by atoms with van der Waals surface area (Å²) in [4.78, 5) is 0. The summed E-state index contributed by atoms with van der Waals surface area (Å²) in [7, 11) is 0. The average molecular weight is 306 g/mol. The highest BCUT2D eigenvalue weighted by atomic mass is 35.5. The summed E-state index contributed by atoms with van der Waals surface area (Å²) in [6.07, 6.45) is 5.02. The zero-order valence-electron chi connectivity index (χ0n) is 11.0. The van der Waals surface area contributed by atoms with Crippen LogP contribution in [-0.2, 0) is 11.3 Å². The van der Waals surface area contributed by atoms with Crippen molar-refractivity contribution >= 4 is 24.0 Å². The van der Waals surface area contributed by atoms with Gasteiger partial charge in [-0.25, -0.2) is 0 Å². The minimum absolute atomic E-state index is 0. The highest BCUT2D eigenvalue weighted by molar-refractivity contribution is 6.29. The van der Waals surface area contributed by atoms with Gasteiger partial charge in [0.05, 0.1) is 12.3 Å². The maximum atomic E-state index is 5.66. The van der Waals surface area contributed by atoms with Crippen molar-refractivity contribution in [1.29, 1.82) is 0 Å². The van der Waals surface area contributed by atoms with Crippen LogP contribution in [0.4, 0.5) is 0 Å². The van der Waals surface area contributed by atoms with Gasteiger partial charge in [-0.05, 0) is 56.8 Å². The zero-order valence-corrected chi connectivity index (χ0v) is 12.6. The molecule has 0 spiro atoms. The largest absolute Gasteiger partial charge is 0.375 e. The van der Waals surface area contributed by atoms with Gasteiger partial charge in [-0.3, -0.25) is 0 Å². The lowest BCUT2D eigenvalue weighted by atomic mass is 9.93. The molecule has 0 aromatic carbocycles. The van der Waals surface area contributed by atoms with E-state index >= 15 is 0 Å². The molecule has 0 saturated carbocycles. The number of hydrogen-bond donors (Lipinski definition) is 1. The highest BCUT2D eigenvalue weighted by Gasteiger charge is 2.11. The number of nitrogens with one attached hydrogen (secondary N) is 1. The van der Waals surface area contributed by atoms with E-state index in [1.807, 2.05) is 6.07 Å². The second kappa shape index (κ2) is 9.48. The molecular weight excluding hydrogens is 285 g/mol. The monoisotopic (exact) mass is 305 g/mol. The van der Waals surface area contributed by atoms with Gasteiger partial charge in [-0.2, -0.15) is 5.10 Å². The van der Waals surface area contributed by atoms with Gasteiger partial charge >= 0.3 is 0 Å².